The molecule has 0 bridgehead atoms. The first kappa shape index (κ1) is 65.5. The van der Waals surface area contributed by atoms with Crippen molar-refractivity contribution in [2.75, 3.05) is 58.2 Å². The number of halogens is 2. The van der Waals surface area contributed by atoms with Crippen molar-refractivity contribution in [2.24, 2.45) is 12.8 Å². The number of pyridine rings is 2. The Bertz CT molecular complexity index is 3630. The van der Waals surface area contributed by atoms with E-state index < -0.39 is 82.6 Å². The zero-order valence-corrected chi connectivity index (χ0v) is 52.4. The number of nitrogens with two attached hydrogens (primary N) is 1. The Hall–Kier alpha value is -7.50. The van der Waals surface area contributed by atoms with Crippen LogP contribution in [0.3, 0.4) is 0 Å². The number of benzene rings is 2. The summed E-state index contributed by atoms with van der Waals surface area (Å²) in [6.45, 7) is 9.21. The van der Waals surface area contributed by atoms with Crippen LogP contribution in [0.4, 0.5) is 10.5 Å². The summed E-state index contributed by atoms with van der Waals surface area (Å²) in [4.78, 5) is 123. The second-order valence-corrected chi connectivity index (χ2v) is 23.6. The van der Waals surface area contributed by atoms with Gasteiger partial charge in [0.25, 0.3) is 16.7 Å². The maximum atomic E-state index is 14.0. The molecule has 0 radical (unpaired) electrons. The van der Waals surface area contributed by atoms with Crippen LogP contribution in [-0.2, 0) is 91.3 Å². The van der Waals surface area contributed by atoms with Crippen LogP contribution in [-0.4, -0.2) is 125 Å². The van der Waals surface area contributed by atoms with Gasteiger partial charge in [-0.1, -0.05) is 26.0 Å². The van der Waals surface area contributed by atoms with Crippen LogP contribution in [0, 0.1) is 0 Å². The van der Waals surface area contributed by atoms with Gasteiger partial charge in [-0.15, -0.1) is 0 Å². The highest BCUT2D eigenvalue weighted by atomic mass is 79.9. The molecule has 0 spiro atoms. The van der Waals surface area contributed by atoms with Gasteiger partial charge in [0, 0.05) is 54.8 Å². The molecule has 0 aliphatic carbocycles. The molecule has 2 aromatic carbocycles. The molecule has 6 heterocycles. The Balaban J connectivity index is 0.749. The van der Waals surface area contributed by atoms with Crippen LogP contribution < -0.4 is 53.2 Å². The first-order chi connectivity index (χ1) is 41.5. The smallest absolute Gasteiger partial charge is 0.457 e. The number of carbonyl (C=O) groups excluding carboxylic acids is 6. The van der Waals surface area contributed by atoms with Gasteiger partial charge in [0.2, 0.25) is 36.0 Å². The van der Waals surface area contributed by atoms with E-state index in [1.54, 1.807) is 47.9 Å². The Morgan fingerprint density at radius 2 is 1.56 bits per heavy atom. The minimum atomic E-state index is -2.00. The van der Waals surface area contributed by atoms with Crippen LogP contribution in [0.2, 0.25) is 0 Å². The fourth-order valence-electron chi connectivity index (χ4n) is 10.0. The summed E-state index contributed by atoms with van der Waals surface area (Å²) in [6.07, 6.45) is 1.14. The molecule has 3 aliphatic rings. The molecule has 4 amide bonds. The predicted molar refractivity (Wildman–Crippen MR) is 322 cm³/mol. The molecule has 28 heteroatoms. The fraction of sp³-hybridized carbons (Fsp3) is 0.492. The van der Waals surface area contributed by atoms with Gasteiger partial charge >= 0.3 is 12.1 Å². The lowest BCUT2D eigenvalue weighted by Gasteiger charge is -2.35. The third-order valence-corrected chi connectivity index (χ3v) is 17.3. The third kappa shape index (κ3) is 15.6. The van der Waals surface area contributed by atoms with Crippen molar-refractivity contribution in [3.8, 4) is 22.9 Å². The lowest BCUT2D eigenvalue weighted by Crippen LogP contribution is -2.47. The molecular formula is C59H71Br2N9O17. The largest absolute Gasteiger partial charge is 0.510 e. The Morgan fingerprint density at radius 1 is 0.851 bits per heavy atom. The van der Waals surface area contributed by atoms with E-state index in [0.717, 1.165) is 15.6 Å². The molecule has 3 aliphatic heterocycles. The molecule has 0 saturated heterocycles. The van der Waals surface area contributed by atoms with Gasteiger partial charge in [0.1, 0.15) is 41.4 Å². The average Bonchev–Trinajstić information content (AvgIpc) is 2.38. The minimum absolute atomic E-state index is 0.00311. The number of ether oxygens (including phenoxy) is 8. The summed E-state index contributed by atoms with van der Waals surface area (Å²) in [6, 6.07) is 12.6. The molecule has 1 unspecified atom stereocenters. The number of unbranched alkanes of at least 4 members (excludes halogenated alkanes) is 1. The summed E-state index contributed by atoms with van der Waals surface area (Å²) >= 11 is 6.21. The number of esters is 1. The number of cyclic esters (lactones) is 1. The zero-order valence-electron chi connectivity index (χ0n) is 49.2. The van der Waals surface area contributed by atoms with Gasteiger partial charge in [-0.05, 0) is 134 Å². The van der Waals surface area contributed by atoms with E-state index >= 15 is 0 Å². The van der Waals surface area contributed by atoms with Gasteiger partial charge in [-0.2, -0.15) is 0 Å². The summed E-state index contributed by atoms with van der Waals surface area (Å²) < 4.78 is 49.6. The number of carbonyl (C=O) groups is 6. The Morgan fingerprint density at radius 3 is 2.29 bits per heavy atom. The second kappa shape index (κ2) is 28.6. The quantitative estimate of drug-likeness (QED) is 0.0310. The number of nitrogens with one attached hydrogen (secondary N) is 4. The predicted octanol–water partition coefficient (Wildman–Crippen LogP) is 4.82. The molecular weight excluding hydrogens is 1270 g/mol. The van der Waals surface area contributed by atoms with Crippen LogP contribution in [0.25, 0.3) is 22.3 Å². The van der Waals surface area contributed by atoms with E-state index in [1.807, 2.05) is 39.8 Å². The third-order valence-electron chi connectivity index (χ3n) is 15.3. The normalized spacial score (nSPS) is 15.8. The Kier molecular flexibility index (Phi) is 21.5. The van der Waals surface area contributed by atoms with Gasteiger partial charge in [0.05, 0.1) is 60.0 Å². The number of nitrogens with zero attached hydrogens (tertiary/aromatic N) is 4. The number of fused-ring (bicyclic) bond motifs is 6. The fourth-order valence-corrected chi connectivity index (χ4v) is 10.8. The van der Waals surface area contributed by atoms with E-state index in [4.69, 9.17) is 48.6 Å². The number of anilines is 1. The van der Waals surface area contributed by atoms with E-state index in [1.165, 1.54) is 11.7 Å². The number of amides is 4. The first-order valence-corrected chi connectivity index (χ1v) is 30.0. The molecule has 3 aromatic heterocycles. The molecule has 6 N–H and O–H groups in total. The summed E-state index contributed by atoms with van der Waals surface area (Å²) in [7, 11) is 1.44. The van der Waals surface area contributed by atoms with Crippen molar-refractivity contribution < 1.29 is 66.7 Å². The SMILES string of the molecule is CCC(C)(CCNC(=O)COCC(=O)N[C@@H](CCCCN)C(=O)Nc1ccc(COC(=O)O[C@]2(CC)C(=O)OCc3c2cc2n(c3=O)Cc3cc4cc5c(cc4nc3-2)OCO5)cc1)OCC(C)(C)OCCNC(=O)CCn1c(=O)c(Br)c(Br)c(=O)n1C. The topological polar surface area (TPSA) is 329 Å². The molecule has 3 atom stereocenters. The lowest BCUT2D eigenvalue weighted by atomic mass is 9.85. The van der Waals surface area contributed by atoms with E-state index in [2.05, 4.69) is 53.1 Å². The number of rotatable bonds is 29. The van der Waals surface area contributed by atoms with Gasteiger partial charge < -0.3 is 69.5 Å². The van der Waals surface area contributed by atoms with Crippen LogP contribution in [0.1, 0.15) is 102 Å². The van der Waals surface area contributed by atoms with Gasteiger partial charge in [-0.3, -0.25) is 33.6 Å². The number of hydrogen-bond donors (Lipinski definition) is 5. The Labute approximate surface area is 516 Å². The van der Waals surface area contributed by atoms with Crippen molar-refractivity contribution in [3.05, 3.63) is 111 Å². The average molecular weight is 1340 g/mol. The standard InChI is InChI=1S/C59H71Br2N9O17/c1-7-58(5,86-32-57(3,4)85-22-20-64-45(71)16-21-70-54(77)49(61)48(60)53(76)68(70)6)17-19-63-46(72)30-80-31-47(73)66-40(11-9-10-18-62)51(74)65-37-14-12-34(13-15-37)28-82-56(79)87-59(8-2)39-25-42-50-36(27-69(42)52(75)38(39)29-81-55(59)78)23-35-24-43-44(84-33-83-43)26-41(35)67-50/h12-15,23-26,40H,7-11,16-22,27-33,62H2,1-6H3,(H,63,72)(H,64,71)(H,65,74)(H,66,73)/t40-,58?,59-/m0/s1. The van der Waals surface area contributed by atoms with Crippen molar-refractivity contribution in [2.45, 2.75) is 129 Å². The molecule has 8 rings (SSSR count). The number of aromatic nitrogens is 4. The van der Waals surface area contributed by atoms with Crippen LogP contribution >= 0.6 is 31.9 Å². The van der Waals surface area contributed by atoms with E-state index in [-0.39, 0.29) is 105 Å². The van der Waals surface area contributed by atoms with Gasteiger partial charge in [-0.25, -0.2) is 23.9 Å². The molecule has 87 heavy (non-hydrogen) atoms. The first-order valence-electron chi connectivity index (χ1n) is 28.5. The minimum Gasteiger partial charge on any atom is -0.457 e. The van der Waals surface area contributed by atoms with Crippen LogP contribution in [0.15, 0.2) is 71.9 Å². The van der Waals surface area contributed by atoms with Crippen molar-refractivity contribution >= 4 is 84.2 Å². The highest BCUT2D eigenvalue weighted by Crippen LogP contribution is 2.43. The van der Waals surface area contributed by atoms with Gasteiger partial charge in [0.15, 0.2) is 11.5 Å². The van der Waals surface area contributed by atoms with E-state index in [0.29, 0.717) is 71.9 Å². The maximum absolute atomic E-state index is 14.0. The summed E-state index contributed by atoms with van der Waals surface area (Å²) in [5, 5.41) is 11.8. The van der Waals surface area contributed by atoms with Crippen molar-refractivity contribution in [1.82, 2.24) is 34.9 Å². The lowest BCUT2D eigenvalue weighted by molar-refractivity contribution is -0.175. The molecule has 0 saturated carbocycles. The van der Waals surface area contributed by atoms with E-state index in [9.17, 15) is 43.2 Å². The molecule has 0 fully saturated rings. The summed E-state index contributed by atoms with van der Waals surface area (Å²) in [5.74, 6) is -1.64. The molecule has 468 valence electrons. The monoisotopic (exact) mass is 1340 g/mol. The van der Waals surface area contributed by atoms with Crippen molar-refractivity contribution in [3.63, 3.8) is 0 Å². The zero-order chi connectivity index (χ0) is 62.8. The van der Waals surface area contributed by atoms with Crippen LogP contribution in [0.5, 0.6) is 11.5 Å². The molecule has 5 aromatic rings. The summed E-state index contributed by atoms with van der Waals surface area (Å²) in [5.41, 5.74) is 4.64. The number of hydrogen-bond acceptors (Lipinski definition) is 19. The second-order valence-electron chi connectivity index (χ2n) is 22.0. The highest BCUT2D eigenvalue weighted by molar-refractivity contribution is 9.13. The maximum Gasteiger partial charge on any atom is 0.510 e. The molecule has 26 nitrogen and oxygen atoms in total. The van der Waals surface area contributed by atoms with Crippen molar-refractivity contribution in [1.29, 1.82) is 0 Å². The highest BCUT2D eigenvalue weighted by Gasteiger charge is 2.51.